The minimum Gasteiger partial charge on any atom is -0.462 e. The molecule has 2 amide bonds. The first-order chi connectivity index (χ1) is 12.3. The summed E-state index contributed by atoms with van der Waals surface area (Å²) in [7, 11) is 0. The van der Waals surface area contributed by atoms with E-state index in [1.54, 1.807) is 18.7 Å². The van der Waals surface area contributed by atoms with Crippen molar-refractivity contribution in [1.29, 1.82) is 0 Å². The van der Waals surface area contributed by atoms with Crippen LogP contribution in [-0.4, -0.2) is 37.0 Å². The predicted molar refractivity (Wildman–Crippen MR) is 99.8 cm³/mol. The summed E-state index contributed by atoms with van der Waals surface area (Å²) >= 11 is 0. The molecule has 1 aromatic rings. The number of ether oxygens (including phenoxy) is 1. The van der Waals surface area contributed by atoms with Crippen LogP contribution in [0.25, 0.3) is 0 Å². The summed E-state index contributed by atoms with van der Waals surface area (Å²) in [5.74, 6) is -0.957. The van der Waals surface area contributed by atoms with Crippen molar-refractivity contribution in [2.24, 2.45) is 5.92 Å². The Hall–Kier alpha value is -2.37. The molecule has 0 radical (unpaired) electrons. The molecule has 2 atom stereocenters. The van der Waals surface area contributed by atoms with Gasteiger partial charge in [-0.2, -0.15) is 0 Å². The number of hydrogen-bond acceptors (Lipinski definition) is 4. The first-order valence-electron chi connectivity index (χ1n) is 9.19. The summed E-state index contributed by atoms with van der Waals surface area (Å²) in [5.41, 5.74) is 1.99. The van der Waals surface area contributed by atoms with Crippen molar-refractivity contribution in [3.05, 3.63) is 29.8 Å². The topological polar surface area (TPSA) is 75.7 Å². The van der Waals surface area contributed by atoms with Gasteiger partial charge in [-0.25, -0.2) is 0 Å². The van der Waals surface area contributed by atoms with Gasteiger partial charge in [-0.05, 0) is 37.8 Å². The van der Waals surface area contributed by atoms with Crippen LogP contribution in [0, 0.1) is 5.92 Å². The van der Waals surface area contributed by atoms with Gasteiger partial charge in [0.05, 0.1) is 12.0 Å². The molecule has 0 spiro atoms. The Balaban J connectivity index is 2.03. The highest BCUT2D eigenvalue weighted by Gasteiger charge is 2.36. The highest BCUT2D eigenvalue weighted by molar-refractivity contribution is 6.01. The van der Waals surface area contributed by atoms with Crippen LogP contribution in [0.5, 0.6) is 0 Å². The minimum absolute atomic E-state index is 0.0642. The number of para-hydroxylation sites is 1. The van der Waals surface area contributed by atoms with Crippen LogP contribution in [0.3, 0.4) is 0 Å². The van der Waals surface area contributed by atoms with Crippen LogP contribution < -0.4 is 10.2 Å². The largest absolute Gasteiger partial charge is 0.462 e. The van der Waals surface area contributed by atoms with Gasteiger partial charge in [0.25, 0.3) is 0 Å². The third-order valence-electron chi connectivity index (χ3n) is 4.64. The Morgan fingerprint density at radius 3 is 2.62 bits per heavy atom. The molecular formula is C20H28N2O4. The van der Waals surface area contributed by atoms with Crippen LogP contribution in [0.2, 0.25) is 0 Å². The van der Waals surface area contributed by atoms with Gasteiger partial charge in [0.2, 0.25) is 11.8 Å². The summed E-state index contributed by atoms with van der Waals surface area (Å²) < 4.78 is 5.00. The first kappa shape index (κ1) is 19.9. The molecule has 1 aliphatic rings. The van der Waals surface area contributed by atoms with E-state index in [0.29, 0.717) is 12.5 Å². The van der Waals surface area contributed by atoms with E-state index < -0.39 is 11.9 Å². The predicted octanol–water partition coefficient (Wildman–Crippen LogP) is 2.62. The molecule has 1 aromatic carbocycles. The second-order valence-corrected chi connectivity index (χ2v) is 7.03. The van der Waals surface area contributed by atoms with E-state index >= 15 is 0 Å². The second kappa shape index (κ2) is 8.83. The molecule has 0 aliphatic carbocycles. The highest BCUT2D eigenvalue weighted by atomic mass is 16.5. The summed E-state index contributed by atoms with van der Waals surface area (Å²) in [6.07, 6.45) is 0.904. The summed E-state index contributed by atoms with van der Waals surface area (Å²) in [4.78, 5) is 38.1. The zero-order valence-corrected chi connectivity index (χ0v) is 16.0. The monoisotopic (exact) mass is 360 g/mol. The molecule has 1 N–H and O–H groups in total. The fraction of sp³-hybridized carbons (Fsp3) is 0.550. The molecule has 2 rings (SSSR count). The van der Waals surface area contributed by atoms with Gasteiger partial charge >= 0.3 is 5.97 Å². The van der Waals surface area contributed by atoms with Gasteiger partial charge < -0.3 is 15.0 Å². The van der Waals surface area contributed by atoms with Gasteiger partial charge in [-0.1, -0.05) is 32.0 Å². The molecule has 0 bridgehead atoms. The van der Waals surface area contributed by atoms with Crippen molar-refractivity contribution in [3.8, 4) is 0 Å². The number of nitrogens with one attached hydrogen (secondary N) is 1. The number of benzene rings is 1. The normalized spacial score (nSPS) is 18.1. The van der Waals surface area contributed by atoms with Crippen molar-refractivity contribution in [3.63, 3.8) is 0 Å². The van der Waals surface area contributed by atoms with E-state index in [0.717, 1.165) is 17.7 Å². The van der Waals surface area contributed by atoms with E-state index in [1.165, 1.54) is 0 Å². The lowest BCUT2D eigenvalue weighted by molar-refractivity contribution is -0.147. The van der Waals surface area contributed by atoms with Crippen LogP contribution in [0.1, 0.15) is 52.0 Å². The average Bonchev–Trinajstić information content (AvgIpc) is 3.00. The van der Waals surface area contributed by atoms with Crippen molar-refractivity contribution in [2.45, 2.75) is 52.6 Å². The molecule has 1 heterocycles. The standard InChI is InChI=1S/C20H28N2O4/c1-5-14(4)16-8-6-7-9-17(16)22-12-15(10-18(22)23)20(25)21-11-19(24)26-13(2)3/h6-9,13-15H,5,10-12H2,1-4H3,(H,21,25). The van der Waals surface area contributed by atoms with E-state index in [2.05, 4.69) is 19.2 Å². The third kappa shape index (κ3) is 4.84. The van der Waals surface area contributed by atoms with E-state index in [9.17, 15) is 14.4 Å². The summed E-state index contributed by atoms with van der Waals surface area (Å²) in [6, 6.07) is 7.84. The van der Waals surface area contributed by atoms with Gasteiger partial charge in [0.1, 0.15) is 6.54 Å². The smallest absolute Gasteiger partial charge is 0.325 e. The minimum atomic E-state index is -0.475. The maximum absolute atomic E-state index is 12.5. The van der Waals surface area contributed by atoms with Crippen molar-refractivity contribution in [2.75, 3.05) is 18.0 Å². The van der Waals surface area contributed by atoms with E-state index in [4.69, 9.17) is 4.74 Å². The zero-order valence-electron chi connectivity index (χ0n) is 16.0. The maximum Gasteiger partial charge on any atom is 0.325 e. The molecule has 26 heavy (non-hydrogen) atoms. The Morgan fingerprint density at radius 1 is 1.27 bits per heavy atom. The molecule has 6 nitrogen and oxygen atoms in total. The number of amides is 2. The third-order valence-corrected chi connectivity index (χ3v) is 4.64. The molecule has 0 aromatic heterocycles. The van der Waals surface area contributed by atoms with Crippen molar-refractivity contribution in [1.82, 2.24) is 5.32 Å². The number of carbonyl (C=O) groups excluding carboxylic acids is 3. The lowest BCUT2D eigenvalue weighted by Crippen LogP contribution is -2.37. The highest BCUT2D eigenvalue weighted by Crippen LogP contribution is 2.33. The zero-order chi connectivity index (χ0) is 19.3. The lowest BCUT2D eigenvalue weighted by atomic mass is 9.96. The van der Waals surface area contributed by atoms with Gasteiger partial charge in [-0.15, -0.1) is 0 Å². The number of carbonyl (C=O) groups is 3. The van der Waals surface area contributed by atoms with Crippen molar-refractivity contribution >= 4 is 23.5 Å². The van der Waals surface area contributed by atoms with Crippen LogP contribution >= 0.6 is 0 Å². The fourth-order valence-electron chi connectivity index (χ4n) is 3.09. The molecule has 142 valence electrons. The summed E-state index contributed by atoms with van der Waals surface area (Å²) in [5, 5.41) is 2.58. The Labute approximate surface area is 154 Å². The number of rotatable bonds is 7. The average molecular weight is 360 g/mol. The number of hydrogen-bond donors (Lipinski definition) is 1. The van der Waals surface area contributed by atoms with Crippen LogP contribution in [0.4, 0.5) is 5.69 Å². The second-order valence-electron chi connectivity index (χ2n) is 7.03. The Bertz CT molecular complexity index is 672. The Morgan fingerprint density at radius 2 is 1.96 bits per heavy atom. The molecular weight excluding hydrogens is 332 g/mol. The van der Waals surface area contributed by atoms with Gasteiger partial charge in [0, 0.05) is 18.7 Å². The lowest BCUT2D eigenvalue weighted by Gasteiger charge is -2.23. The molecule has 6 heteroatoms. The quantitative estimate of drug-likeness (QED) is 0.759. The number of esters is 1. The molecule has 2 unspecified atom stereocenters. The van der Waals surface area contributed by atoms with Gasteiger partial charge in [0.15, 0.2) is 0 Å². The van der Waals surface area contributed by atoms with Crippen LogP contribution in [0.15, 0.2) is 24.3 Å². The number of anilines is 1. The van der Waals surface area contributed by atoms with Gasteiger partial charge in [-0.3, -0.25) is 14.4 Å². The SMILES string of the molecule is CCC(C)c1ccccc1N1CC(C(=O)NCC(=O)OC(C)C)CC1=O. The molecule has 0 saturated carbocycles. The maximum atomic E-state index is 12.5. The Kier molecular flexibility index (Phi) is 6.77. The van der Waals surface area contributed by atoms with E-state index in [-0.39, 0.29) is 30.9 Å². The molecule has 1 saturated heterocycles. The first-order valence-corrected chi connectivity index (χ1v) is 9.19. The van der Waals surface area contributed by atoms with Crippen LogP contribution in [-0.2, 0) is 19.1 Å². The fourth-order valence-corrected chi connectivity index (χ4v) is 3.09. The summed E-state index contributed by atoms with van der Waals surface area (Å²) in [6.45, 7) is 7.90. The van der Waals surface area contributed by atoms with E-state index in [1.807, 2.05) is 24.3 Å². The molecule has 1 fully saturated rings. The number of nitrogens with zero attached hydrogens (tertiary/aromatic N) is 1. The van der Waals surface area contributed by atoms with Crippen molar-refractivity contribution < 1.29 is 19.1 Å². The molecule has 1 aliphatic heterocycles.